The first-order valence-corrected chi connectivity index (χ1v) is 14.2. The van der Waals surface area contributed by atoms with E-state index < -0.39 is 0 Å². The van der Waals surface area contributed by atoms with E-state index in [9.17, 15) is 4.39 Å². The van der Waals surface area contributed by atoms with E-state index in [0.717, 1.165) is 71.4 Å². The zero-order chi connectivity index (χ0) is 25.7. The fourth-order valence-electron chi connectivity index (χ4n) is 5.32. The molecule has 3 heterocycles. The first kappa shape index (κ1) is 24.8. The van der Waals surface area contributed by atoms with Gasteiger partial charge in [0.15, 0.2) is 5.13 Å². The van der Waals surface area contributed by atoms with Crippen molar-refractivity contribution in [1.82, 2.24) is 19.4 Å². The molecule has 1 fully saturated rings. The van der Waals surface area contributed by atoms with Crippen molar-refractivity contribution in [3.05, 3.63) is 101 Å². The minimum Gasteiger partial charge on any atom is -0.360 e. The molecular weight excluding hydrogens is 493 g/mol. The zero-order valence-corrected chi connectivity index (χ0v) is 22.2. The summed E-state index contributed by atoms with van der Waals surface area (Å²) < 4.78 is 15.8. The van der Waals surface area contributed by atoms with Gasteiger partial charge in [-0.2, -0.15) is 0 Å². The van der Waals surface area contributed by atoms with Gasteiger partial charge in [-0.25, -0.2) is 14.4 Å². The zero-order valence-electron chi connectivity index (χ0n) is 21.4. The number of halogens is 1. The van der Waals surface area contributed by atoms with Crippen LogP contribution in [-0.4, -0.2) is 45.6 Å². The second kappa shape index (κ2) is 11.5. The Morgan fingerprint density at radius 1 is 0.895 bits per heavy atom. The lowest BCUT2D eigenvalue weighted by molar-refractivity contribution is 0.188. The summed E-state index contributed by atoms with van der Waals surface area (Å²) in [6.45, 7) is 4.86. The number of rotatable bonds is 9. The van der Waals surface area contributed by atoms with Crippen molar-refractivity contribution in [1.29, 1.82) is 0 Å². The Morgan fingerprint density at radius 2 is 1.66 bits per heavy atom. The van der Waals surface area contributed by atoms with Crippen LogP contribution in [0.1, 0.15) is 24.2 Å². The van der Waals surface area contributed by atoms with E-state index in [4.69, 9.17) is 9.97 Å². The van der Waals surface area contributed by atoms with Gasteiger partial charge >= 0.3 is 0 Å². The number of aromatic nitrogens is 3. The van der Waals surface area contributed by atoms with Gasteiger partial charge in [-0.1, -0.05) is 54.6 Å². The van der Waals surface area contributed by atoms with E-state index >= 15 is 0 Å². The summed E-state index contributed by atoms with van der Waals surface area (Å²) in [5, 5.41) is 6.61. The molecule has 3 aromatic carbocycles. The monoisotopic (exact) mass is 525 g/mol. The molecule has 2 aromatic heterocycles. The topological polar surface area (TPSA) is 46.0 Å². The number of nitrogens with zero attached hydrogens (tertiary/aromatic N) is 4. The summed E-state index contributed by atoms with van der Waals surface area (Å²) in [4.78, 5) is 12.3. The normalized spacial score (nSPS) is 14.8. The molecule has 7 heteroatoms. The largest absolute Gasteiger partial charge is 0.360 e. The standard InChI is InChI=1S/C31H32FN5S/c32-26-12-10-24(11-13-26)21-37-29-9-5-4-8-27(29)34-30(37)20-23-14-17-36(18-15-23)19-16-33-31-35-28(22-38-31)25-6-2-1-3-7-25/h1-13,22-23H,14-21H2,(H,33,35). The van der Waals surface area contributed by atoms with Crippen molar-refractivity contribution in [3.8, 4) is 11.3 Å². The number of likely N-dealkylation sites (tertiary alicyclic amines) is 1. The van der Waals surface area contributed by atoms with Gasteiger partial charge in [-0.3, -0.25) is 0 Å². The van der Waals surface area contributed by atoms with Crippen LogP contribution in [0.3, 0.4) is 0 Å². The Bertz CT molecular complexity index is 1470. The summed E-state index contributed by atoms with van der Waals surface area (Å²) in [5.74, 6) is 1.55. The van der Waals surface area contributed by atoms with Crippen LogP contribution in [-0.2, 0) is 13.0 Å². The number of thiazole rings is 1. The summed E-state index contributed by atoms with van der Waals surface area (Å²) >= 11 is 1.67. The van der Waals surface area contributed by atoms with Crippen LogP contribution in [0.5, 0.6) is 0 Å². The van der Waals surface area contributed by atoms with Gasteiger partial charge in [0.05, 0.1) is 16.7 Å². The van der Waals surface area contributed by atoms with Gasteiger partial charge in [0.25, 0.3) is 0 Å². The number of benzene rings is 3. The molecule has 1 N–H and O–H groups in total. The smallest absolute Gasteiger partial charge is 0.183 e. The van der Waals surface area contributed by atoms with Gasteiger partial charge < -0.3 is 14.8 Å². The van der Waals surface area contributed by atoms with Gasteiger partial charge in [-0.15, -0.1) is 11.3 Å². The fraction of sp³-hybridized carbons (Fsp3) is 0.290. The maximum atomic E-state index is 13.4. The predicted molar refractivity (Wildman–Crippen MR) is 154 cm³/mol. The number of piperidine rings is 1. The number of nitrogens with one attached hydrogen (secondary N) is 1. The van der Waals surface area contributed by atoms with Crippen molar-refractivity contribution in [2.45, 2.75) is 25.8 Å². The lowest BCUT2D eigenvalue weighted by Gasteiger charge is -2.31. The molecule has 1 aliphatic rings. The van der Waals surface area contributed by atoms with E-state index in [1.807, 2.05) is 36.4 Å². The molecule has 0 saturated carbocycles. The van der Waals surface area contributed by atoms with Gasteiger partial charge in [0, 0.05) is 37.0 Å². The Labute approximate surface area is 227 Å². The van der Waals surface area contributed by atoms with E-state index in [2.05, 4.69) is 50.5 Å². The number of hydrogen-bond acceptors (Lipinski definition) is 5. The van der Waals surface area contributed by atoms with E-state index in [0.29, 0.717) is 12.5 Å². The van der Waals surface area contributed by atoms with Crippen LogP contribution in [0.15, 0.2) is 84.2 Å². The second-order valence-corrected chi connectivity index (χ2v) is 10.9. The third-order valence-electron chi connectivity index (χ3n) is 7.44. The van der Waals surface area contributed by atoms with Crippen LogP contribution in [0.25, 0.3) is 22.3 Å². The van der Waals surface area contributed by atoms with Crippen molar-refractivity contribution in [2.24, 2.45) is 5.92 Å². The first-order chi connectivity index (χ1) is 18.7. The van der Waals surface area contributed by atoms with E-state index in [1.54, 1.807) is 11.3 Å². The Morgan fingerprint density at radius 3 is 2.47 bits per heavy atom. The molecule has 1 saturated heterocycles. The fourth-order valence-corrected chi connectivity index (χ4v) is 6.07. The van der Waals surface area contributed by atoms with Crippen molar-refractivity contribution in [2.75, 3.05) is 31.5 Å². The molecule has 5 aromatic rings. The molecule has 0 radical (unpaired) electrons. The Hall–Kier alpha value is -3.55. The molecule has 1 aliphatic heterocycles. The average Bonchev–Trinajstić information content (AvgIpc) is 3.56. The van der Waals surface area contributed by atoms with Gasteiger partial charge in [-0.05, 0) is 61.7 Å². The molecule has 0 unspecified atom stereocenters. The minimum atomic E-state index is -0.199. The highest BCUT2D eigenvalue weighted by molar-refractivity contribution is 7.14. The van der Waals surface area contributed by atoms with Crippen molar-refractivity contribution >= 4 is 27.5 Å². The molecule has 194 valence electrons. The van der Waals surface area contributed by atoms with Crippen LogP contribution in [0.2, 0.25) is 0 Å². The molecule has 0 amide bonds. The van der Waals surface area contributed by atoms with Crippen molar-refractivity contribution in [3.63, 3.8) is 0 Å². The molecule has 0 bridgehead atoms. The van der Waals surface area contributed by atoms with Crippen molar-refractivity contribution < 1.29 is 4.39 Å². The summed E-state index contributed by atoms with van der Waals surface area (Å²) in [6, 6.07) is 25.5. The third kappa shape index (κ3) is 5.79. The van der Waals surface area contributed by atoms with E-state index in [1.165, 1.54) is 25.0 Å². The number of anilines is 1. The van der Waals surface area contributed by atoms with Gasteiger partial charge in [0.2, 0.25) is 0 Å². The summed E-state index contributed by atoms with van der Waals surface area (Å²) in [6.07, 6.45) is 3.33. The predicted octanol–water partition coefficient (Wildman–Crippen LogP) is 6.71. The summed E-state index contributed by atoms with van der Waals surface area (Å²) in [5.41, 5.74) is 5.46. The quantitative estimate of drug-likeness (QED) is 0.232. The number of hydrogen-bond donors (Lipinski definition) is 1. The highest BCUT2D eigenvalue weighted by atomic mass is 32.1. The van der Waals surface area contributed by atoms with Crippen LogP contribution in [0.4, 0.5) is 9.52 Å². The molecule has 0 atom stereocenters. The Balaban J connectivity index is 1.02. The van der Waals surface area contributed by atoms with Crippen LogP contribution < -0.4 is 5.32 Å². The third-order valence-corrected chi connectivity index (χ3v) is 8.24. The maximum absolute atomic E-state index is 13.4. The molecule has 5 nitrogen and oxygen atoms in total. The molecular formula is C31H32FN5S. The van der Waals surface area contributed by atoms with E-state index in [-0.39, 0.29) is 5.82 Å². The lowest BCUT2D eigenvalue weighted by atomic mass is 9.93. The lowest BCUT2D eigenvalue weighted by Crippen LogP contribution is -2.37. The first-order valence-electron chi connectivity index (χ1n) is 13.4. The number of imidazole rings is 1. The highest BCUT2D eigenvalue weighted by Gasteiger charge is 2.22. The number of para-hydroxylation sites is 2. The van der Waals surface area contributed by atoms with Crippen LogP contribution >= 0.6 is 11.3 Å². The molecule has 6 rings (SSSR count). The molecule has 0 aliphatic carbocycles. The number of fused-ring (bicyclic) bond motifs is 1. The molecule has 38 heavy (non-hydrogen) atoms. The molecule has 0 spiro atoms. The average molecular weight is 526 g/mol. The maximum Gasteiger partial charge on any atom is 0.183 e. The van der Waals surface area contributed by atoms with Gasteiger partial charge in [0.1, 0.15) is 11.6 Å². The Kier molecular flexibility index (Phi) is 7.47. The van der Waals surface area contributed by atoms with Crippen LogP contribution in [0, 0.1) is 11.7 Å². The highest BCUT2D eigenvalue weighted by Crippen LogP contribution is 2.26. The second-order valence-electron chi connectivity index (χ2n) is 10.0. The SMILES string of the molecule is Fc1ccc(Cn2c(CC3CCN(CCNc4nc(-c5ccccc5)cs4)CC3)nc3ccccc32)cc1. The summed E-state index contributed by atoms with van der Waals surface area (Å²) in [7, 11) is 0. The minimum absolute atomic E-state index is 0.199.